The third-order valence-corrected chi connectivity index (χ3v) is 5.49. The van der Waals surface area contributed by atoms with Gasteiger partial charge in [-0.05, 0) is 31.6 Å². The number of likely N-dealkylation sites (tertiary alicyclic amines) is 1. The van der Waals surface area contributed by atoms with Gasteiger partial charge in [0.2, 0.25) is 5.91 Å². The Morgan fingerprint density at radius 2 is 2.14 bits per heavy atom. The Morgan fingerprint density at radius 3 is 2.91 bits per heavy atom. The van der Waals surface area contributed by atoms with Crippen LogP contribution in [0, 0.1) is 11.8 Å². The summed E-state index contributed by atoms with van der Waals surface area (Å²) in [5.41, 5.74) is 0.983. The van der Waals surface area contributed by atoms with E-state index in [4.69, 9.17) is 0 Å². The van der Waals surface area contributed by atoms with Gasteiger partial charge >= 0.3 is 0 Å². The molecule has 3 atom stereocenters. The van der Waals surface area contributed by atoms with Crippen LogP contribution in [0.5, 0.6) is 0 Å². The summed E-state index contributed by atoms with van der Waals surface area (Å²) in [6.07, 6.45) is 5.11. The summed E-state index contributed by atoms with van der Waals surface area (Å²) >= 11 is 0. The summed E-state index contributed by atoms with van der Waals surface area (Å²) < 4.78 is 2.22. The first-order chi connectivity index (χ1) is 10.6. The fourth-order valence-electron chi connectivity index (χ4n) is 4.08. The quantitative estimate of drug-likeness (QED) is 0.833. The summed E-state index contributed by atoms with van der Waals surface area (Å²) in [5, 5.41) is 0. The lowest BCUT2D eigenvalue weighted by Gasteiger charge is -2.34. The van der Waals surface area contributed by atoms with E-state index < -0.39 is 0 Å². The van der Waals surface area contributed by atoms with E-state index >= 15 is 0 Å². The molecule has 0 radical (unpaired) electrons. The van der Waals surface area contributed by atoms with Crippen LogP contribution in [0.2, 0.25) is 0 Å². The fourth-order valence-corrected chi connectivity index (χ4v) is 4.08. The van der Waals surface area contributed by atoms with Crippen molar-refractivity contribution in [2.75, 3.05) is 13.1 Å². The zero-order chi connectivity index (χ0) is 15.3. The van der Waals surface area contributed by atoms with E-state index in [1.807, 2.05) is 4.90 Å². The van der Waals surface area contributed by atoms with E-state index in [2.05, 4.69) is 16.5 Å². The molecule has 22 heavy (non-hydrogen) atoms. The van der Waals surface area contributed by atoms with Crippen molar-refractivity contribution in [3.63, 3.8) is 0 Å². The number of amides is 1. The Bertz CT molecular complexity index is 666. The largest absolute Gasteiger partial charge is 0.342 e. The zero-order valence-corrected chi connectivity index (χ0v) is 13.1. The third kappa shape index (κ3) is 2.36. The van der Waals surface area contributed by atoms with Gasteiger partial charge in [-0.1, -0.05) is 6.92 Å². The van der Waals surface area contributed by atoms with Crippen molar-refractivity contribution < 1.29 is 4.79 Å². The Balaban J connectivity index is 1.58. The minimum atomic E-state index is -0.123. The van der Waals surface area contributed by atoms with Crippen molar-refractivity contribution in [3.05, 3.63) is 27.9 Å². The maximum absolute atomic E-state index is 12.5. The van der Waals surface area contributed by atoms with Crippen molar-refractivity contribution in [1.82, 2.24) is 14.5 Å². The van der Waals surface area contributed by atoms with Crippen molar-refractivity contribution in [3.8, 4) is 0 Å². The highest BCUT2D eigenvalue weighted by atomic mass is 16.2. The van der Waals surface area contributed by atoms with Crippen LogP contribution in [0.25, 0.3) is 0 Å². The summed E-state index contributed by atoms with van der Waals surface area (Å²) in [6, 6.07) is 1.70. The van der Waals surface area contributed by atoms with E-state index in [1.165, 1.54) is 0 Å². The number of carbonyl (C=O) groups is 1. The predicted molar refractivity (Wildman–Crippen MR) is 82.6 cm³/mol. The maximum Gasteiger partial charge on any atom is 0.273 e. The third-order valence-electron chi connectivity index (χ3n) is 5.49. The summed E-state index contributed by atoms with van der Waals surface area (Å²) in [7, 11) is 0. The molecule has 1 saturated heterocycles. The van der Waals surface area contributed by atoms with Crippen molar-refractivity contribution in [2.45, 2.75) is 51.5 Å². The van der Waals surface area contributed by atoms with Gasteiger partial charge in [-0.25, -0.2) is 0 Å². The number of rotatable bonds is 2. The van der Waals surface area contributed by atoms with Crippen LogP contribution >= 0.6 is 0 Å². The van der Waals surface area contributed by atoms with Gasteiger partial charge in [-0.2, -0.15) is 4.98 Å². The van der Waals surface area contributed by atoms with E-state index in [9.17, 15) is 9.59 Å². The second-order valence-corrected chi connectivity index (χ2v) is 7.13. The van der Waals surface area contributed by atoms with Gasteiger partial charge < -0.3 is 9.47 Å². The number of aryl methyl sites for hydroxylation is 1. The molecule has 4 rings (SSSR count). The molecular formula is C17H23N3O2. The number of hydrogen-bond acceptors (Lipinski definition) is 3. The molecule has 0 spiro atoms. The molecule has 0 unspecified atom stereocenters. The highest BCUT2D eigenvalue weighted by Crippen LogP contribution is 2.40. The van der Waals surface area contributed by atoms with Crippen LogP contribution in [-0.2, 0) is 17.8 Å². The van der Waals surface area contributed by atoms with Gasteiger partial charge in [-0.3, -0.25) is 9.59 Å². The molecule has 1 amide bonds. The van der Waals surface area contributed by atoms with E-state index in [0.29, 0.717) is 17.7 Å². The molecule has 2 fully saturated rings. The average Bonchev–Trinajstić information content (AvgIpc) is 3.06. The number of hydrogen-bond donors (Lipinski definition) is 0. The van der Waals surface area contributed by atoms with E-state index in [0.717, 1.165) is 63.3 Å². The lowest BCUT2D eigenvalue weighted by molar-refractivity contribution is -0.134. The smallest absolute Gasteiger partial charge is 0.273 e. The number of carbonyl (C=O) groups excluding carboxylic acids is 1. The molecule has 5 heteroatoms. The van der Waals surface area contributed by atoms with Gasteiger partial charge in [0.05, 0.1) is 0 Å². The molecule has 1 aromatic rings. The lowest BCUT2D eigenvalue weighted by Crippen LogP contribution is -2.41. The summed E-state index contributed by atoms with van der Waals surface area (Å²) in [6.45, 7) is 4.76. The van der Waals surface area contributed by atoms with Crippen LogP contribution in [0.1, 0.15) is 50.0 Å². The molecule has 3 heterocycles. The normalized spacial score (nSPS) is 30.2. The fraction of sp³-hybridized carbons (Fsp3) is 0.706. The average molecular weight is 301 g/mol. The van der Waals surface area contributed by atoms with E-state index in [1.54, 1.807) is 6.07 Å². The molecule has 1 saturated carbocycles. The molecule has 1 aromatic heterocycles. The zero-order valence-electron chi connectivity index (χ0n) is 13.1. The molecular weight excluding hydrogens is 278 g/mol. The second-order valence-electron chi connectivity index (χ2n) is 7.13. The number of piperidine rings is 1. The molecule has 1 aliphatic carbocycles. The second kappa shape index (κ2) is 5.21. The van der Waals surface area contributed by atoms with E-state index in [-0.39, 0.29) is 11.5 Å². The monoisotopic (exact) mass is 301 g/mol. The molecule has 2 aliphatic heterocycles. The van der Waals surface area contributed by atoms with Crippen LogP contribution in [0.15, 0.2) is 10.9 Å². The number of aromatic nitrogens is 2. The highest BCUT2D eigenvalue weighted by molar-refractivity contribution is 5.81. The van der Waals surface area contributed by atoms with Gasteiger partial charge in [0.25, 0.3) is 5.56 Å². The topological polar surface area (TPSA) is 55.2 Å². The standard InChI is InChI=1S/C17H23N3O2/c1-11-8-13(11)17(22)19-6-2-4-12(10-19)14-9-16(21)18-15-5-3-7-20(14)15/h9,11-13H,2-8,10H2,1H3/t11-,12-,13+/m1/s1. The SMILES string of the molecule is C[C@@H]1C[C@@H]1C(=O)N1CCC[C@@H](c2cc(=O)nc3n2CCC3)C1. The van der Waals surface area contributed by atoms with Crippen LogP contribution in [0.4, 0.5) is 0 Å². The molecule has 118 valence electrons. The van der Waals surface area contributed by atoms with Gasteiger partial charge in [0, 0.05) is 49.7 Å². The molecule has 0 aromatic carbocycles. The summed E-state index contributed by atoms with van der Waals surface area (Å²) in [4.78, 5) is 30.5. The minimum absolute atomic E-state index is 0.123. The lowest BCUT2D eigenvalue weighted by atomic mass is 9.93. The number of nitrogens with zero attached hydrogens (tertiary/aromatic N) is 3. The molecule has 0 N–H and O–H groups in total. The molecule has 5 nitrogen and oxygen atoms in total. The van der Waals surface area contributed by atoms with Crippen molar-refractivity contribution in [1.29, 1.82) is 0 Å². The Kier molecular flexibility index (Phi) is 3.31. The minimum Gasteiger partial charge on any atom is -0.342 e. The van der Waals surface area contributed by atoms with Crippen LogP contribution in [0.3, 0.4) is 0 Å². The first-order valence-electron chi connectivity index (χ1n) is 8.53. The van der Waals surface area contributed by atoms with Gasteiger partial charge in [0.1, 0.15) is 5.82 Å². The Labute approximate surface area is 130 Å². The summed E-state index contributed by atoms with van der Waals surface area (Å²) in [5.74, 6) is 2.36. The number of fused-ring (bicyclic) bond motifs is 1. The molecule has 3 aliphatic rings. The van der Waals surface area contributed by atoms with Crippen molar-refractivity contribution in [2.24, 2.45) is 11.8 Å². The molecule has 0 bridgehead atoms. The maximum atomic E-state index is 12.5. The predicted octanol–water partition coefficient (Wildman–Crippen LogP) is 1.55. The Hall–Kier alpha value is -1.65. The highest BCUT2D eigenvalue weighted by Gasteiger charge is 2.42. The first kappa shape index (κ1) is 14.0. The van der Waals surface area contributed by atoms with Crippen LogP contribution in [-0.4, -0.2) is 33.4 Å². The first-order valence-corrected chi connectivity index (χ1v) is 8.53. The van der Waals surface area contributed by atoms with Crippen LogP contribution < -0.4 is 5.56 Å². The van der Waals surface area contributed by atoms with Crippen molar-refractivity contribution >= 4 is 5.91 Å². The van der Waals surface area contributed by atoms with Gasteiger partial charge in [0.15, 0.2) is 0 Å². The Morgan fingerprint density at radius 1 is 1.32 bits per heavy atom. The van der Waals surface area contributed by atoms with Gasteiger partial charge in [-0.15, -0.1) is 0 Å².